The SMILES string of the molecule is Cc1ccc(Oc2c(C(F)(F)F)oc3c(C[NH+]4CCC[C@H](C)C4)c(O)ccc3c2=O)cc1. The molecule has 0 bridgehead atoms. The second kappa shape index (κ2) is 8.50. The molecule has 5 nitrogen and oxygen atoms in total. The van der Waals surface area contributed by atoms with E-state index in [0.29, 0.717) is 5.92 Å². The summed E-state index contributed by atoms with van der Waals surface area (Å²) in [4.78, 5) is 14.2. The highest BCUT2D eigenvalue weighted by Crippen LogP contribution is 2.39. The summed E-state index contributed by atoms with van der Waals surface area (Å²) in [5.74, 6) is -2.04. The van der Waals surface area contributed by atoms with Crippen molar-refractivity contribution >= 4 is 11.0 Å². The van der Waals surface area contributed by atoms with Crippen LogP contribution >= 0.6 is 0 Å². The average Bonchev–Trinajstić information content (AvgIpc) is 2.72. The van der Waals surface area contributed by atoms with E-state index in [1.807, 2.05) is 6.92 Å². The van der Waals surface area contributed by atoms with Crippen LogP contribution in [0.1, 0.15) is 36.7 Å². The number of quaternary nitrogens is 1. The fraction of sp³-hybridized carbons (Fsp3) is 0.375. The van der Waals surface area contributed by atoms with Gasteiger partial charge in [0.05, 0.1) is 24.0 Å². The predicted molar refractivity (Wildman–Crippen MR) is 113 cm³/mol. The molecule has 4 rings (SSSR count). The summed E-state index contributed by atoms with van der Waals surface area (Å²) in [7, 11) is 0. The first-order valence-corrected chi connectivity index (χ1v) is 10.6. The molecule has 0 spiro atoms. The van der Waals surface area contributed by atoms with Gasteiger partial charge in [-0.2, -0.15) is 13.2 Å². The summed E-state index contributed by atoms with van der Waals surface area (Å²) in [5, 5.41) is 10.4. The number of halogens is 3. The van der Waals surface area contributed by atoms with Crippen LogP contribution in [-0.2, 0) is 12.7 Å². The lowest BCUT2D eigenvalue weighted by Gasteiger charge is -2.28. The van der Waals surface area contributed by atoms with E-state index in [9.17, 15) is 23.1 Å². The average molecular weight is 448 g/mol. The Kier molecular flexibility index (Phi) is 5.90. The minimum Gasteiger partial charge on any atom is -0.507 e. The molecule has 1 saturated heterocycles. The Balaban J connectivity index is 1.85. The topological polar surface area (TPSA) is 64.1 Å². The molecule has 0 aliphatic carbocycles. The molecule has 2 N–H and O–H groups in total. The molecular weight excluding hydrogens is 423 g/mol. The molecule has 1 aliphatic heterocycles. The van der Waals surface area contributed by atoms with Gasteiger partial charge in [-0.3, -0.25) is 4.79 Å². The smallest absolute Gasteiger partial charge is 0.453 e. The first-order valence-electron chi connectivity index (χ1n) is 10.6. The molecule has 2 aromatic carbocycles. The second-order valence-electron chi connectivity index (χ2n) is 8.57. The fourth-order valence-electron chi connectivity index (χ4n) is 4.27. The van der Waals surface area contributed by atoms with Crippen LogP contribution in [0.2, 0.25) is 0 Å². The van der Waals surface area contributed by atoms with Crippen molar-refractivity contribution in [2.24, 2.45) is 5.92 Å². The number of benzene rings is 2. The number of ether oxygens (including phenoxy) is 1. The van der Waals surface area contributed by atoms with Crippen LogP contribution in [0.5, 0.6) is 17.2 Å². The highest BCUT2D eigenvalue weighted by atomic mass is 19.4. The van der Waals surface area contributed by atoms with E-state index in [0.717, 1.165) is 36.4 Å². The number of phenolic OH excluding ortho intramolecular Hbond substituents is 1. The molecule has 1 fully saturated rings. The van der Waals surface area contributed by atoms with Crippen molar-refractivity contribution in [3.05, 3.63) is 63.5 Å². The second-order valence-corrected chi connectivity index (χ2v) is 8.57. The fourth-order valence-corrected chi connectivity index (χ4v) is 4.27. The molecule has 0 saturated carbocycles. The van der Waals surface area contributed by atoms with E-state index in [1.165, 1.54) is 24.3 Å². The van der Waals surface area contributed by atoms with Gasteiger partial charge in [-0.05, 0) is 44.0 Å². The van der Waals surface area contributed by atoms with Crippen molar-refractivity contribution in [3.8, 4) is 17.2 Å². The van der Waals surface area contributed by atoms with E-state index >= 15 is 0 Å². The Morgan fingerprint density at radius 3 is 2.56 bits per heavy atom. The molecule has 1 aliphatic rings. The maximum absolute atomic E-state index is 13.9. The molecular formula is C24H25F3NO4+. The number of hydrogen-bond donors (Lipinski definition) is 2. The molecule has 3 aromatic rings. The number of piperidine rings is 1. The van der Waals surface area contributed by atoms with Crippen molar-refractivity contribution in [1.82, 2.24) is 0 Å². The Morgan fingerprint density at radius 2 is 1.91 bits per heavy atom. The molecule has 0 amide bonds. The largest absolute Gasteiger partial charge is 0.507 e. The number of aryl methyl sites for hydroxylation is 1. The van der Waals surface area contributed by atoms with Gasteiger partial charge in [0.1, 0.15) is 18.0 Å². The summed E-state index contributed by atoms with van der Waals surface area (Å²) in [6.07, 6.45) is -2.87. The zero-order valence-electron chi connectivity index (χ0n) is 17.9. The third-order valence-corrected chi connectivity index (χ3v) is 5.89. The molecule has 1 unspecified atom stereocenters. The van der Waals surface area contributed by atoms with Gasteiger partial charge in [0.25, 0.3) is 5.76 Å². The highest BCUT2D eigenvalue weighted by molar-refractivity contribution is 5.83. The lowest BCUT2D eigenvalue weighted by atomic mass is 9.99. The number of aromatic hydroxyl groups is 1. The molecule has 8 heteroatoms. The van der Waals surface area contributed by atoms with Crippen LogP contribution < -0.4 is 15.1 Å². The van der Waals surface area contributed by atoms with E-state index in [-0.39, 0.29) is 34.6 Å². The quantitative estimate of drug-likeness (QED) is 0.620. The third-order valence-electron chi connectivity index (χ3n) is 5.89. The highest BCUT2D eigenvalue weighted by Gasteiger charge is 2.41. The van der Waals surface area contributed by atoms with Crippen LogP contribution in [0.4, 0.5) is 13.2 Å². The van der Waals surface area contributed by atoms with Crippen molar-refractivity contribution in [2.75, 3.05) is 13.1 Å². The van der Waals surface area contributed by atoms with E-state index in [4.69, 9.17) is 9.15 Å². The van der Waals surface area contributed by atoms with Crippen molar-refractivity contribution in [2.45, 2.75) is 39.4 Å². The normalized spacial score (nSPS) is 19.3. The number of likely N-dealkylation sites (tertiary alicyclic amines) is 1. The van der Waals surface area contributed by atoms with Crippen LogP contribution in [0.3, 0.4) is 0 Å². The monoisotopic (exact) mass is 448 g/mol. The van der Waals surface area contributed by atoms with Gasteiger partial charge in [0.15, 0.2) is 5.58 Å². The Bertz CT molecular complexity index is 1190. The summed E-state index contributed by atoms with van der Waals surface area (Å²) in [6, 6.07) is 8.92. The Hall–Kier alpha value is -3.00. The minimum atomic E-state index is -4.96. The first-order chi connectivity index (χ1) is 15.1. The van der Waals surface area contributed by atoms with Crippen LogP contribution in [0.15, 0.2) is 45.6 Å². The maximum Gasteiger partial charge on any atom is 0.453 e. The van der Waals surface area contributed by atoms with E-state index in [1.54, 1.807) is 12.1 Å². The van der Waals surface area contributed by atoms with Crippen molar-refractivity contribution in [1.29, 1.82) is 0 Å². The number of hydrogen-bond acceptors (Lipinski definition) is 4. The minimum absolute atomic E-state index is 0.0580. The number of alkyl halides is 3. The van der Waals surface area contributed by atoms with Crippen molar-refractivity contribution in [3.63, 3.8) is 0 Å². The number of phenols is 1. The first kappa shape index (κ1) is 22.2. The van der Waals surface area contributed by atoms with Gasteiger partial charge in [-0.15, -0.1) is 0 Å². The van der Waals surface area contributed by atoms with E-state index < -0.39 is 23.1 Å². The summed E-state index contributed by atoms with van der Waals surface area (Å²) in [5.41, 5.74) is -0.0728. The standard InChI is InChI=1S/C24H24F3NO4/c1-14-5-7-16(8-6-14)31-22-20(30)17-9-10-19(29)18(13-28-11-3-4-15(2)12-28)21(17)32-23(22)24(25,26)27/h5-10,15,29H,3-4,11-13H2,1-2H3/p+1/t15-/m0/s1. The zero-order chi connectivity index (χ0) is 23.0. The summed E-state index contributed by atoms with van der Waals surface area (Å²) in [6.45, 7) is 5.89. The lowest BCUT2D eigenvalue weighted by molar-refractivity contribution is -0.922. The van der Waals surface area contributed by atoms with Crippen LogP contribution in [0, 0.1) is 12.8 Å². The molecule has 1 aromatic heterocycles. The van der Waals surface area contributed by atoms with Crippen LogP contribution in [0.25, 0.3) is 11.0 Å². The van der Waals surface area contributed by atoms with Gasteiger partial charge >= 0.3 is 6.18 Å². The predicted octanol–water partition coefficient (Wildman–Crippen LogP) is 4.43. The molecule has 0 radical (unpaired) electrons. The molecule has 170 valence electrons. The number of nitrogens with one attached hydrogen (secondary N) is 1. The molecule has 2 atom stereocenters. The zero-order valence-corrected chi connectivity index (χ0v) is 17.9. The van der Waals surface area contributed by atoms with Gasteiger partial charge < -0.3 is 19.2 Å². The maximum atomic E-state index is 13.9. The van der Waals surface area contributed by atoms with Gasteiger partial charge in [-0.25, -0.2) is 0 Å². The summed E-state index contributed by atoms with van der Waals surface area (Å²) >= 11 is 0. The van der Waals surface area contributed by atoms with Gasteiger partial charge in [0, 0.05) is 5.92 Å². The Morgan fingerprint density at radius 1 is 1.19 bits per heavy atom. The van der Waals surface area contributed by atoms with Gasteiger partial charge in [-0.1, -0.05) is 24.6 Å². The lowest BCUT2D eigenvalue weighted by Crippen LogP contribution is -3.12. The number of rotatable bonds is 4. The van der Waals surface area contributed by atoms with E-state index in [2.05, 4.69) is 6.92 Å². The van der Waals surface area contributed by atoms with Crippen LogP contribution in [-0.4, -0.2) is 18.2 Å². The molecule has 2 heterocycles. The van der Waals surface area contributed by atoms with Gasteiger partial charge in [0.2, 0.25) is 11.2 Å². The number of fused-ring (bicyclic) bond motifs is 1. The third kappa shape index (κ3) is 4.46. The Labute approximate surface area is 183 Å². The molecule has 32 heavy (non-hydrogen) atoms. The summed E-state index contributed by atoms with van der Waals surface area (Å²) < 4.78 is 52.3. The van der Waals surface area contributed by atoms with Crippen molar-refractivity contribution < 1.29 is 32.3 Å².